The van der Waals surface area contributed by atoms with Crippen LogP contribution in [0.15, 0.2) is 29.4 Å². The zero-order valence-electron chi connectivity index (χ0n) is 7.80. The van der Waals surface area contributed by atoms with E-state index >= 15 is 0 Å². The Morgan fingerprint density at radius 2 is 2.27 bits per heavy atom. The number of azide groups is 1. The van der Waals surface area contributed by atoms with Gasteiger partial charge in [0.2, 0.25) is 0 Å². The summed E-state index contributed by atoms with van der Waals surface area (Å²) in [5, 5.41) is 3.28. The molecule has 0 aliphatic carbocycles. The van der Waals surface area contributed by atoms with Gasteiger partial charge in [-0.05, 0) is 29.3 Å². The molecule has 15 heavy (non-hydrogen) atoms. The largest absolute Gasteiger partial charge is 0.298 e. The van der Waals surface area contributed by atoms with Crippen LogP contribution in [0.3, 0.4) is 0 Å². The Hall–Kier alpha value is -2.13. The normalized spacial score (nSPS) is 9.93. The predicted molar refractivity (Wildman–Crippen MR) is 54.8 cm³/mol. The van der Waals surface area contributed by atoms with E-state index in [9.17, 15) is 9.18 Å². The number of halogens is 1. The maximum atomic E-state index is 12.8. The molecule has 0 aromatic heterocycles. The molecule has 0 aliphatic rings. The molecule has 0 unspecified atom stereocenters. The molecule has 0 N–H and O–H groups in total. The van der Waals surface area contributed by atoms with Crippen LogP contribution in [-0.2, 0) is 0 Å². The number of nitrogens with zero attached hydrogens (tertiary/aromatic N) is 3. The van der Waals surface area contributed by atoms with Gasteiger partial charge in [0.15, 0.2) is 6.29 Å². The Balaban J connectivity index is 2.91. The molecule has 0 saturated carbocycles. The van der Waals surface area contributed by atoms with Crippen LogP contribution in [0.1, 0.15) is 15.9 Å². The predicted octanol–water partition coefficient (Wildman–Crippen LogP) is 2.96. The van der Waals surface area contributed by atoms with Gasteiger partial charge < -0.3 is 0 Å². The van der Waals surface area contributed by atoms with Crippen molar-refractivity contribution in [2.45, 2.75) is 0 Å². The van der Waals surface area contributed by atoms with Gasteiger partial charge >= 0.3 is 0 Å². The lowest BCUT2D eigenvalue weighted by atomic mass is 10.1. The third kappa shape index (κ3) is 3.25. The molecule has 0 fully saturated rings. The number of hydrogen-bond acceptors (Lipinski definition) is 2. The van der Waals surface area contributed by atoms with Gasteiger partial charge in [-0.1, -0.05) is 17.3 Å². The third-order valence-corrected chi connectivity index (χ3v) is 1.72. The molecule has 0 saturated heterocycles. The summed E-state index contributed by atoms with van der Waals surface area (Å²) in [5.41, 5.74) is 8.88. The molecular weight excluding hydrogens is 197 g/mol. The summed E-state index contributed by atoms with van der Waals surface area (Å²) in [6.45, 7) is 0.172. The number of benzene rings is 1. The molecule has 0 spiro atoms. The van der Waals surface area contributed by atoms with Gasteiger partial charge in [-0.15, -0.1) is 0 Å². The van der Waals surface area contributed by atoms with E-state index in [-0.39, 0.29) is 6.54 Å². The molecular formula is C10H8FN3O. The fraction of sp³-hybridized carbons (Fsp3) is 0.100. The third-order valence-electron chi connectivity index (χ3n) is 1.72. The lowest BCUT2D eigenvalue weighted by molar-refractivity contribution is 0.112. The molecule has 0 amide bonds. The lowest BCUT2D eigenvalue weighted by Gasteiger charge is -1.97. The minimum Gasteiger partial charge on any atom is -0.298 e. The van der Waals surface area contributed by atoms with E-state index in [0.29, 0.717) is 17.4 Å². The van der Waals surface area contributed by atoms with E-state index in [2.05, 4.69) is 10.0 Å². The first-order chi connectivity index (χ1) is 7.27. The van der Waals surface area contributed by atoms with Crippen molar-refractivity contribution in [2.24, 2.45) is 5.11 Å². The number of carbonyl (C=O) groups excluding carboxylic acids is 1. The van der Waals surface area contributed by atoms with Crippen molar-refractivity contribution in [2.75, 3.05) is 6.54 Å². The second-order valence-corrected chi connectivity index (χ2v) is 2.71. The minimum atomic E-state index is -0.413. The summed E-state index contributed by atoms with van der Waals surface area (Å²) in [4.78, 5) is 13.1. The smallest absolute Gasteiger partial charge is 0.150 e. The van der Waals surface area contributed by atoms with E-state index in [0.717, 1.165) is 0 Å². The van der Waals surface area contributed by atoms with Crippen LogP contribution in [0.2, 0.25) is 0 Å². The first-order valence-electron chi connectivity index (χ1n) is 4.20. The average molecular weight is 205 g/mol. The minimum absolute atomic E-state index is 0.172. The van der Waals surface area contributed by atoms with E-state index in [4.69, 9.17) is 5.53 Å². The summed E-state index contributed by atoms with van der Waals surface area (Å²) in [5.74, 6) is -0.413. The lowest BCUT2D eigenvalue weighted by Crippen LogP contribution is -1.87. The number of rotatable bonds is 4. The highest BCUT2D eigenvalue weighted by atomic mass is 19.1. The molecule has 0 aliphatic heterocycles. The van der Waals surface area contributed by atoms with Crippen molar-refractivity contribution in [1.29, 1.82) is 0 Å². The van der Waals surface area contributed by atoms with Gasteiger partial charge in [-0.2, -0.15) is 0 Å². The van der Waals surface area contributed by atoms with Crippen molar-refractivity contribution in [3.8, 4) is 0 Å². The van der Waals surface area contributed by atoms with Gasteiger partial charge in [-0.3, -0.25) is 4.79 Å². The molecule has 0 atom stereocenters. The SMILES string of the molecule is [N-]=[N+]=NCC=Cc1cc(F)ccc1C=O. The molecule has 1 rings (SSSR count). The molecule has 4 nitrogen and oxygen atoms in total. The van der Waals surface area contributed by atoms with Gasteiger partial charge in [0.05, 0.1) is 0 Å². The Labute approximate surface area is 85.7 Å². The second kappa shape index (κ2) is 5.57. The average Bonchev–Trinajstić information content (AvgIpc) is 2.25. The maximum absolute atomic E-state index is 12.8. The fourth-order valence-electron chi connectivity index (χ4n) is 1.06. The number of carbonyl (C=O) groups is 1. The van der Waals surface area contributed by atoms with Crippen molar-refractivity contribution >= 4 is 12.4 Å². The van der Waals surface area contributed by atoms with Crippen LogP contribution in [0.4, 0.5) is 4.39 Å². The van der Waals surface area contributed by atoms with E-state index in [1.807, 2.05) is 0 Å². The van der Waals surface area contributed by atoms with E-state index in [1.54, 1.807) is 12.2 Å². The summed E-state index contributed by atoms with van der Waals surface area (Å²) in [6, 6.07) is 3.86. The van der Waals surface area contributed by atoms with Crippen molar-refractivity contribution in [3.05, 3.63) is 51.7 Å². The first kappa shape index (κ1) is 10.9. The molecule has 1 aromatic rings. The fourth-order valence-corrected chi connectivity index (χ4v) is 1.06. The zero-order valence-corrected chi connectivity index (χ0v) is 7.80. The topological polar surface area (TPSA) is 65.8 Å². The van der Waals surface area contributed by atoms with Crippen LogP contribution in [-0.4, -0.2) is 12.8 Å². The summed E-state index contributed by atoms with van der Waals surface area (Å²) >= 11 is 0. The van der Waals surface area contributed by atoms with Gasteiger partial charge in [-0.25, -0.2) is 4.39 Å². The standard InChI is InChI=1S/C10H8FN3O/c11-10-4-3-9(7-15)8(6-10)2-1-5-13-14-12/h1-4,6-7H,5H2. The van der Waals surface area contributed by atoms with Crippen LogP contribution in [0.25, 0.3) is 16.5 Å². The Kier molecular flexibility index (Phi) is 4.06. The van der Waals surface area contributed by atoms with Crippen LogP contribution in [0, 0.1) is 5.82 Å². The molecule has 0 radical (unpaired) electrons. The van der Waals surface area contributed by atoms with Crippen molar-refractivity contribution in [1.82, 2.24) is 0 Å². The Morgan fingerprint density at radius 3 is 2.93 bits per heavy atom. The van der Waals surface area contributed by atoms with Crippen molar-refractivity contribution < 1.29 is 9.18 Å². The highest BCUT2D eigenvalue weighted by Gasteiger charge is 1.99. The molecule has 0 bridgehead atoms. The second-order valence-electron chi connectivity index (χ2n) is 2.71. The summed E-state index contributed by atoms with van der Waals surface area (Å²) in [7, 11) is 0. The monoisotopic (exact) mass is 205 g/mol. The molecule has 1 aromatic carbocycles. The van der Waals surface area contributed by atoms with Crippen molar-refractivity contribution in [3.63, 3.8) is 0 Å². The Bertz CT molecular complexity index is 436. The highest BCUT2D eigenvalue weighted by Crippen LogP contribution is 2.11. The number of aldehydes is 1. The summed E-state index contributed by atoms with van der Waals surface area (Å²) in [6.07, 6.45) is 3.75. The maximum Gasteiger partial charge on any atom is 0.150 e. The first-order valence-corrected chi connectivity index (χ1v) is 4.20. The summed E-state index contributed by atoms with van der Waals surface area (Å²) < 4.78 is 12.8. The Morgan fingerprint density at radius 1 is 1.47 bits per heavy atom. The van der Waals surface area contributed by atoms with Crippen LogP contribution < -0.4 is 0 Å². The van der Waals surface area contributed by atoms with Crippen LogP contribution >= 0.6 is 0 Å². The molecule has 76 valence electrons. The van der Waals surface area contributed by atoms with Gasteiger partial charge in [0.1, 0.15) is 5.82 Å². The molecule has 0 heterocycles. The zero-order chi connectivity index (χ0) is 11.1. The van der Waals surface area contributed by atoms with E-state index < -0.39 is 5.82 Å². The molecule has 5 heteroatoms. The quantitative estimate of drug-likeness (QED) is 0.322. The number of hydrogen-bond donors (Lipinski definition) is 0. The highest BCUT2D eigenvalue weighted by molar-refractivity contribution is 5.81. The van der Waals surface area contributed by atoms with E-state index in [1.165, 1.54) is 18.2 Å². The van der Waals surface area contributed by atoms with Crippen LogP contribution in [0.5, 0.6) is 0 Å². The van der Waals surface area contributed by atoms with Gasteiger partial charge in [0.25, 0.3) is 0 Å². The van der Waals surface area contributed by atoms with Gasteiger partial charge in [0, 0.05) is 17.0 Å².